The zero-order valence-electron chi connectivity index (χ0n) is 8.47. The van der Waals surface area contributed by atoms with Crippen molar-refractivity contribution in [3.8, 4) is 0 Å². The fourth-order valence-electron chi connectivity index (χ4n) is 0.938. The molecule has 0 aliphatic carbocycles. The molecule has 15 heavy (non-hydrogen) atoms. The molecule has 6 heteroatoms. The SMILES string of the molecule is CC(C)NCc1nccc(C(F)(F)F)n1. The van der Waals surface area contributed by atoms with Crippen molar-refractivity contribution >= 4 is 0 Å². The van der Waals surface area contributed by atoms with Crippen LogP contribution in [0.5, 0.6) is 0 Å². The minimum atomic E-state index is -4.41. The van der Waals surface area contributed by atoms with Gasteiger partial charge in [0.1, 0.15) is 11.5 Å². The molecule has 0 aromatic carbocycles. The molecule has 0 bridgehead atoms. The molecular weight excluding hydrogens is 207 g/mol. The van der Waals surface area contributed by atoms with Gasteiger partial charge in [0.05, 0.1) is 6.54 Å². The fraction of sp³-hybridized carbons (Fsp3) is 0.556. The first kappa shape index (κ1) is 11.9. The lowest BCUT2D eigenvalue weighted by Crippen LogP contribution is -2.23. The van der Waals surface area contributed by atoms with E-state index in [0.29, 0.717) is 0 Å². The van der Waals surface area contributed by atoms with Crippen LogP contribution < -0.4 is 5.32 Å². The Morgan fingerprint density at radius 1 is 1.40 bits per heavy atom. The third-order valence-electron chi connectivity index (χ3n) is 1.66. The fourth-order valence-corrected chi connectivity index (χ4v) is 0.938. The van der Waals surface area contributed by atoms with Gasteiger partial charge in [0.2, 0.25) is 0 Å². The van der Waals surface area contributed by atoms with Gasteiger partial charge in [-0.1, -0.05) is 13.8 Å². The van der Waals surface area contributed by atoms with Crippen LogP contribution in [0.1, 0.15) is 25.4 Å². The maximum absolute atomic E-state index is 12.3. The third-order valence-corrected chi connectivity index (χ3v) is 1.66. The summed E-state index contributed by atoms with van der Waals surface area (Å²) >= 11 is 0. The van der Waals surface area contributed by atoms with Crippen LogP contribution in [-0.2, 0) is 12.7 Å². The summed E-state index contributed by atoms with van der Waals surface area (Å²) in [4.78, 5) is 7.17. The van der Waals surface area contributed by atoms with Gasteiger partial charge < -0.3 is 5.32 Å². The number of rotatable bonds is 3. The molecule has 0 amide bonds. The highest BCUT2D eigenvalue weighted by atomic mass is 19.4. The van der Waals surface area contributed by atoms with E-state index in [-0.39, 0.29) is 18.4 Å². The Hall–Kier alpha value is -1.17. The molecule has 0 saturated heterocycles. The highest BCUT2D eigenvalue weighted by Gasteiger charge is 2.32. The first-order valence-corrected chi connectivity index (χ1v) is 4.52. The van der Waals surface area contributed by atoms with E-state index in [1.165, 1.54) is 0 Å². The van der Waals surface area contributed by atoms with Gasteiger partial charge in [-0.15, -0.1) is 0 Å². The Morgan fingerprint density at radius 2 is 2.07 bits per heavy atom. The summed E-state index contributed by atoms with van der Waals surface area (Å²) in [5.41, 5.74) is -0.905. The predicted octanol–water partition coefficient (Wildman–Crippen LogP) is 1.99. The molecule has 0 spiro atoms. The number of nitrogens with one attached hydrogen (secondary N) is 1. The average Bonchev–Trinajstić information content (AvgIpc) is 2.14. The second kappa shape index (κ2) is 4.57. The second-order valence-electron chi connectivity index (χ2n) is 3.39. The summed E-state index contributed by atoms with van der Waals surface area (Å²) in [6, 6.07) is 1.04. The molecule has 0 atom stereocenters. The summed E-state index contributed by atoms with van der Waals surface area (Å²) in [5.74, 6) is 0.151. The largest absolute Gasteiger partial charge is 0.433 e. The summed E-state index contributed by atoms with van der Waals surface area (Å²) in [7, 11) is 0. The highest BCUT2D eigenvalue weighted by molar-refractivity contribution is 5.06. The van der Waals surface area contributed by atoms with Gasteiger partial charge in [0.15, 0.2) is 0 Å². The zero-order valence-corrected chi connectivity index (χ0v) is 8.47. The van der Waals surface area contributed by atoms with Crippen molar-refractivity contribution in [2.45, 2.75) is 32.6 Å². The normalized spacial score (nSPS) is 12.1. The molecule has 1 N–H and O–H groups in total. The number of nitrogens with zero attached hydrogens (tertiary/aromatic N) is 2. The maximum Gasteiger partial charge on any atom is 0.433 e. The monoisotopic (exact) mass is 219 g/mol. The number of halogens is 3. The van der Waals surface area contributed by atoms with Crippen molar-refractivity contribution in [3.63, 3.8) is 0 Å². The smallest absolute Gasteiger partial charge is 0.308 e. The molecule has 1 rings (SSSR count). The predicted molar refractivity (Wildman–Crippen MR) is 49.0 cm³/mol. The van der Waals surface area contributed by atoms with Gasteiger partial charge in [-0.25, -0.2) is 9.97 Å². The van der Waals surface area contributed by atoms with E-state index in [9.17, 15) is 13.2 Å². The van der Waals surface area contributed by atoms with Gasteiger partial charge in [-0.3, -0.25) is 0 Å². The van der Waals surface area contributed by atoms with Crippen LogP contribution in [0.15, 0.2) is 12.3 Å². The average molecular weight is 219 g/mol. The van der Waals surface area contributed by atoms with Gasteiger partial charge >= 0.3 is 6.18 Å². The third kappa shape index (κ3) is 3.83. The molecular formula is C9H12F3N3. The molecule has 0 aliphatic rings. The van der Waals surface area contributed by atoms with Crippen molar-refractivity contribution in [1.29, 1.82) is 0 Å². The van der Waals surface area contributed by atoms with E-state index in [1.54, 1.807) is 0 Å². The van der Waals surface area contributed by atoms with Crippen LogP contribution in [0.2, 0.25) is 0 Å². The number of aromatic nitrogens is 2. The van der Waals surface area contributed by atoms with Crippen LogP contribution in [-0.4, -0.2) is 16.0 Å². The first-order valence-electron chi connectivity index (χ1n) is 4.52. The Morgan fingerprint density at radius 3 is 2.60 bits per heavy atom. The molecule has 1 aromatic heterocycles. The van der Waals surface area contributed by atoms with E-state index in [0.717, 1.165) is 12.3 Å². The molecule has 84 valence electrons. The molecule has 0 saturated carbocycles. The summed E-state index contributed by atoms with van der Waals surface area (Å²) in [6.07, 6.45) is -3.29. The lowest BCUT2D eigenvalue weighted by atomic mass is 10.3. The summed E-state index contributed by atoms with van der Waals surface area (Å²) < 4.78 is 36.8. The van der Waals surface area contributed by atoms with E-state index in [1.807, 2.05) is 13.8 Å². The van der Waals surface area contributed by atoms with Crippen molar-refractivity contribution in [2.24, 2.45) is 0 Å². The molecule has 1 heterocycles. The Labute approximate surface area is 85.7 Å². The quantitative estimate of drug-likeness (QED) is 0.844. The number of hydrogen-bond acceptors (Lipinski definition) is 3. The standard InChI is InChI=1S/C9H12F3N3/c1-6(2)14-5-8-13-4-3-7(15-8)9(10,11)12/h3-4,6,14H,5H2,1-2H3. The van der Waals surface area contributed by atoms with Gasteiger partial charge in [-0.2, -0.15) is 13.2 Å². The summed E-state index contributed by atoms with van der Waals surface area (Å²) in [5, 5.41) is 2.95. The highest BCUT2D eigenvalue weighted by Crippen LogP contribution is 2.26. The van der Waals surface area contributed by atoms with Crippen LogP contribution in [0.3, 0.4) is 0 Å². The number of hydrogen-bond donors (Lipinski definition) is 1. The molecule has 0 aliphatic heterocycles. The Bertz CT molecular complexity index is 323. The molecule has 0 fully saturated rings. The molecule has 1 aromatic rings. The van der Waals surface area contributed by atoms with Crippen LogP contribution >= 0.6 is 0 Å². The van der Waals surface area contributed by atoms with E-state index in [2.05, 4.69) is 15.3 Å². The van der Waals surface area contributed by atoms with Crippen LogP contribution in [0.25, 0.3) is 0 Å². The van der Waals surface area contributed by atoms with Crippen molar-refractivity contribution < 1.29 is 13.2 Å². The maximum atomic E-state index is 12.3. The van der Waals surface area contributed by atoms with Gasteiger partial charge in [-0.05, 0) is 6.07 Å². The Kier molecular flexibility index (Phi) is 3.62. The van der Waals surface area contributed by atoms with Gasteiger partial charge in [0.25, 0.3) is 0 Å². The zero-order chi connectivity index (χ0) is 11.5. The summed E-state index contributed by atoms with van der Waals surface area (Å²) in [6.45, 7) is 4.03. The molecule has 0 radical (unpaired) electrons. The minimum absolute atomic E-state index is 0.151. The van der Waals surface area contributed by atoms with Crippen molar-refractivity contribution in [2.75, 3.05) is 0 Å². The van der Waals surface area contributed by atoms with E-state index in [4.69, 9.17) is 0 Å². The number of alkyl halides is 3. The van der Waals surface area contributed by atoms with Gasteiger partial charge in [0, 0.05) is 12.2 Å². The molecule has 3 nitrogen and oxygen atoms in total. The molecule has 0 unspecified atom stereocenters. The lowest BCUT2D eigenvalue weighted by Gasteiger charge is -2.09. The minimum Gasteiger partial charge on any atom is -0.308 e. The topological polar surface area (TPSA) is 37.8 Å². The van der Waals surface area contributed by atoms with Crippen LogP contribution in [0, 0.1) is 0 Å². The first-order chi connectivity index (χ1) is 6.89. The lowest BCUT2D eigenvalue weighted by molar-refractivity contribution is -0.141. The van der Waals surface area contributed by atoms with E-state index >= 15 is 0 Å². The second-order valence-corrected chi connectivity index (χ2v) is 3.39. The van der Waals surface area contributed by atoms with E-state index < -0.39 is 11.9 Å². The van der Waals surface area contributed by atoms with Crippen molar-refractivity contribution in [1.82, 2.24) is 15.3 Å². The van der Waals surface area contributed by atoms with Crippen molar-refractivity contribution in [3.05, 3.63) is 23.8 Å². The Balaban J connectivity index is 2.75. The van der Waals surface area contributed by atoms with Crippen LogP contribution in [0.4, 0.5) is 13.2 Å².